The van der Waals surface area contributed by atoms with Crippen molar-refractivity contribution in [3.63, 3.8) is 0 Å². The van der Waals surface area contributed by atoms with Crippen molar-refractivity contribution in [1.82, 2.24) is 4.31 Å². The second-order valence-corrected chi connectivity index (χ2v) is 9.89. The summed E-state index contributed by atoms with van der Waals surface area (Å²) in [6.45, 7) is 8.00. The van der Waals surface area contributed by atoms with Crippen molar-refractivity contribution in [3.05, 3.63) is 0 Å². The first-order valence-corrected chi connectivity index (χ1v) is 11.9. The first kappa shape index (κ1) is 27.0. The van der Waals surface area contributed by atoms with E-state index in [1.807, 2.05) is 27.7 Å². The molecule has 0 saturated heterocycles. The summed E-state index contributed by atoms with van der Waals surface area (Å²) in [5, 5.41) is 12.8. The van der Waals surface area contributed by atoms with Crippen LogP contribution in [0, 0.1) is 11.8 Å². The molecular formula is C17H34F2NO5S2-. The van der Waals surface area contributed by atoms with Crippen LogP contribution in [-0.2, 0) is 19.4 Å². The average Bonchev–Trinajstić information content (AvgIpc) is 2.64. The molecule has 0 spiro atoms. The maximum absolute atomic E-state index is 14.2. The lowest BCUT2D eigenvalue weighted by Gasteiger charge is -2.31. The predicted molar refractivity (Wildman–Crippen MR) is 102 cm³/mol. The lowest BCUT2D eigenvalue weighted by Crippen LogP contribution is -2.46. The van der Waals surface area contributed by atoms with Crippen LogP contribution in [0.5, 0.6) is 0 Å². The van der Waals surface area contributed by atoms with Crippen LogP contribution in [0.3, 0.4) is 0 Å². The van der Waals surface area contributed by atoms with E-state index in [1.54, 1.807) is 0 Å². The highest BCUT2D eigenvalue weighted by Gasteiger charge is 2.52. The molecule has 27 heavy (non-hydrogen) atoms. The zero-order valence-electron chi connectivity index (χ0n) is 16.8. The number of unbranched alkanes of at least 4 members (excludes halogenated alkanes) is 2. The second-order valence-electron chi connectivity index (χ2n) is 6.84. The highest BCUT2D eigenvalue weighted by Crippen LogP contribution is 2.38. The highest BCUT2D eigenvalue weighted by atomic mass is 32.3. The van der Waals surface area contributed by atoms with Gasteiger partial charge in [0.25, 0.3) is 10.0 Å². The van der Waals surface area contributed by atoms with Gasteiger partial charge in [-0.25, -0.2) is 8.42 Å². The third kappa shape index (κ3) is 9.36. The predicted octanol–water partition coefficient (Wildman–Crippen LogP) is 4.47. The van der Waals surface area contributed by atoms with E-state index in [4.69, 9.17) is 0 Å². The van der Waals surface area contributed by atoms with Crippen molar-refractivity contribution in [3.8, 4) is 0 Å². The fraction of sp³-hybridized carbons (Fsp3) is 1.00. The first-order valence-electron chi connectivity index (χ1n) is 9.71. The summed E-state index contributed by atoms with van der Waals surface area (Å²) in [7, 11) is -5.01. The Morgan fingerprint density at radius 3 is 1.78 bits per heavy atom. The van der Waals surface area contributed by atoms with Crippen molar-refractivity contribution >= 4 is 22.1 Å². The Morgan fingerprint density at radius 2 is 1.44 bits per heavy atom. The molecule has 0 fully saturated rings. The summed E-state index contributed by atoms with van der Waals surface area (Å²) >= 11 is -0.779. The Hall–Kier alpha value is -0.0000000000000000694. The Morgan fingerprint density at radius 1 is 1.00 bits per heavy atom. The third-order valence-corrected chi connectivity index (χ3v) is 7.54. The van der Waals surface area contributed by atoms with Crippen molar-refractivity contribution in [2.75, 3.05) is 13.1 Å². The first-order chi connectivity index (χ1) is 12.7. The van der Waals surface area contributed by atoms with Crippen LogP contribution >= 0.6 is 12.0 Å². The van der Waals surface area contributed by atoms with Gasteiger partial charge in [-0.2, -0.15) is 17.4 Å². The van der Waals surface area contributed by atoms with Crippen LogP contribution in [0.25, 0.3) is 0 Å². The summed E-state index contributed by atoms with van der Waals surface area (Å²) in [6.07, 6.45) is 6.71. The van der Waals surface area contributed by atoms with Gasteiger partial charge in [0, 0.05) is 13.1 Å². The molecule has 10 heteroatoms. The molecular weight excluding hydrogens is 400 g/mol. The van der Waals surface area contributed by atoms with Crippen molar-refractivity contribution < 1.29 is 31.8 Å². The molecule has 0 aliphatic carbocycles. The normalized spacial score (nSPS) is 15.3. The number of hydrogen-bond acceptors (Lipinski definition) is 6. The molecule has 2 unspecified atom stereocenters. The largest absolute Gasteiger partial charge is 0.691 e. The van der Waals surface area contributed by atoms with Crippen LogP contribution in [0.2, 0.25) is 0 Å². The third-order valence-electron chi connectivity index (χ3n) is 4.81. The van der Waals surface area contributed by atoms with Crippen LogP contribution in [-0.4, -0.2) is 30.4 Å². The minimum Gasteiger partial charge on any atom is -0.691 e. The van der Waals surface area contributed by atoms with E-state index in [0.29, 0.717) is 12.8 Å². The fourth-order valence-corrected chi connectivity index (χ4v) is 4.89. The molecule has 6 nitrogen and oxygen atoms in total. The standard InChI is InChI=1S/C17H35F2NO5S2/c1-5-9-11-15(7-3)13-20(14-16(8-4)12-10-6-2)27(22,23)17(18,19)26-25-24-21/h15-16,21H,5-14H2,1-4H3/p-1. The molecule has 0 saturated carbocycles. The number of halogens is 2. The summed E-state index contributed by atoms with van der Waals surface area (Å²) in [5.41, 5.74) is 0. The summed E-state index contributed by atoms with van der Waals surface area (Å²) in [6, 6.07) is 0. The molecule has 0 aromatic heterocycles. The molecule has 0 amide bonds. The Bertz CT molecular complexity index is 462. The van der Waals surface area contributed by atoms with Gasteiger partial charge in [0.15, 0.2) is 0 Å². The highest BCUT2D eigenvalue weighted by molar-refractivity contribution is 8.10. The Kier molecular flexibility index (Phi) is 14.1. The van der Waals surface area contributed by atoms with Gasteiger partial charge in [0.05, 0.1) is 0 Å². The molecule has 0 rings (SSSR count). The number of rotatable bonds is 17. The van der Waals surface area contributed by atoms with Crippen LogP contribution < -0.4 is 5.26 Å². The lowest BCUT2D eigenvalue weighted by molar-refractivity contribution is -0.777. The molecule has 0 N–H and O–H groups in total. The Labute approximate surface area is 167 Å². The molecule has 0 aliphatic heterocycles. The van der Waals surface area contributed by atoms with Crippen LogP contribution in [0.1, 0.15) is 79.1 Å². The Balaban J connectivity index is 5.52. The molecule has 0 radical (unpaired) electrons. The van der Waals surface area contributed by atoms with Gasteiger partial charge in [0.1, 0.15) is 12.0 Å². The van der Waals surface area contributed by atoms with E-state index in [9.17, 15) is 22.5 Å². The number of alkyl halides is 2. The lowest BCUT2D eigenvalue weighted by atomic mass is 9.97. The molecule has 2 atom stereocenters. The summed E-state index contributed by atoms with van der Waals surface area (Å²) in [5.74, 6) is 0.00164. The quantitative estimate of drug-likeness (QED) is 0.191. The monoisotopic (exact) mass is 434 g/mol. The van der Waals surface area contributed by atoms with Crippen molar-refractivity contribution in [2.45, 2.75) is 83.6 Å². The number of hydrogen-bond donors (Lipinski definition) is 0. The SMILES string of the molecule is CCCCC(CC)CN(CC(CC)CCCC)S(=O)(=O)C(F)(F)SOO[O-]. The van der Waals surface area contributed by atoms with E-state index >= 15 is 0 Å². The summed E-state index contributed by atoms with van der Waals surface area (Å²) in [4.78, 5) is 0. The van der Waals surface area contributed by atoms with Gasteiger partial charge < -0.3 is 5.26 Å². The minimum atomic E-state index is -5.01. The molecule has 0 aromatic rings. The fourth-order valence-electron chi connectivity index (χ4n) is 2.93. The van der Waals surface area contributed by atoms with Gasteiger partial charge in [-0.1, -0.05) is 66.2 Å². The number of sulfonamides is 1. The second kappa shape index (κ2) is 14.1. The molecule has 0 aliphatic rings. The smallest absolute Gasteiger partial charge is 0.433 e. The molecule has 0 bridgehead atoms. The van der Waals surface area contributed by atoms with Crippen LogP contribution in [0.15, 0.2) is 0 Å². The molecule has 164 valence electrons. The van der Waals surface area contributed by atoms with Gasteiger partial charge >= 0.3 is 4.59 Å². The van der Waals surface area contributed by atoms with E-state index in [0.717, 1.165) is 42.8 Å². The molecule has 0 aromatic carbocycles. The van der Waals surface area contributed by atoms with E-state index < -0.39 is 26.7 Å². The van der Waals surface area contributed by atoms with Crippen molar-refractivity contribution in [2.24, 2.45) is 11.8 Å². The van der Waals surface area contributed by atoms with Crippen molar-refractivity contribution in [1.29, 1.82) is 0 Å². The number of nitrogens with zero attached hydrogens (tertiary/aromatic N) is 1. The topological polar surface area (TPSA) is 78.9 Å². The zero-order valence-corrected chi connectivity index (χ0v) is 18.4. The van der Waals surface area contributed by atoms with Gasteiger partial charge in [-0.05, 0) is 24.7 Å². The molecule has 0 heterocycles. The maximum Gasteiger partial charge on any atom is 0.433 e. The minimum absolute atomic E-state index is 0.000818. The maximum atomic E-state index is 14.2. The summed E-state index contributed by atoms with van der Waals surface area (Å²) < 4.78 is 54.0. The van der Waals surface area contributed by atoms with Gasteiger partial charge in [0.2, 0.25) is 0 Å². The van der Waals surface area contributed by atoms with Crippen LogP contribution in [0.4, 0.5) is 8.78 Å². The zero-order chi connectivity index (χ0) is 20.9. The van der Waals surface area contributed by atoms with E-state index in [-0.39, 0.29) is 24.9 Å². The van der Waals surface area contributed by atoms with E-state index in [1.165, 1.54) is 0 Å². The van der Waals surface area contributed by atoms with Gasteiger partial charge in [-0.15, -0.1) is 0 Å². The van der Waals surface area contributed by atoms with E-state index in [2.05, 4.69) is 9.37 Å². The average molecular weight is 435 g/mol. The van der Waals surface area contributed by atoms with Gasteiger partial charge in [-0.3, -0.25) is 5.04 Å².